The number of Topliss-reactive ketones (excluding diaryl/α,β-unsaturated/α-hetero) is 1. The maximum absolute atomic E-state index is 10.6. The first-order valence-electron chi connectivity index (χ1n) is 4.56. The molecular weight excluding hydrogens is 200 g/mol. The van der Waals surface area contributed by atoms with Gasteiger partial charge in [-0.3, -0.25) is 0 Å². The molecule has 1 aromatic rings. The van der Waals surface area contributed by atoms with E-state index >= 15 is 0 Å². The Morgan fingerprint density at radius 3 is 2.93 bits per heavy atom. The number of hydrogen-bond donors (Lipinski definition) is 0. The van der Waals surface area contributed by atoms with Gasteiger partial charge in [0.15, 0.2) is 0 Å². The Morgan fingerprint density at radius 1 is 1.50 bits per heavy atom. The third-order valence-electron chi connectivity index (χ3n) is 1.74. The summed E-state index contributed by atoms with van der Waals surface area (Å²) < 4.78 is 5.40. The molecule has 76 valence electrons. The molecule has 0 saturated carbocycles. The Kier molecular flexibility index (Phi) is 4.47. The normalized spacial score (nSPS) is 9.86. The topological polar surface area (TPSA) is 26.3 Å². The minimum Gasteiger partial charge on any atom is -0.494 e. The van der Waals surface area contributed by atoms with Gasteiger partial charge >= 0.3 is 0 Å². The molecule has 1 aromatic carbocycles. The average Bonchev–Trinajstić information content (AvgIpc) is 2.12. The number of rotatable bonds is 5. The molecule has 3 heteroatoms. The zero-order valence-electron chi connectivity index (χ0n) is 8.13. The SMILES string of the molecule is CC(=O)CCCOc1cccc(Cl)c1. The Labute approximate surface area is 88.8 Å². The smallest absolute Gasteiger partial charge is 0.129 e. The van der Waals surface area contributed by atoms with E-state index in [0.29, 0.717) is 18.1 Å². The first-order valence-corrected chi connectivity index (χ1v) is 4.94. The molecule has 0 heterocycles. The van der Waals surface area contributed by atoms with E-state index in [1.807, 2.05) is 12.1 Å². The van der Waals surface area contributed by atoms with Gasteiger partial charge in [0, 0.05) is 11.4 Å². The molecule has 0 spiro atoms. The van der Waals surface area contributed by atoms with Gasteiger partial charge in [-0.1, -0.05) is 17.7 Å². The predicted molar refractivity (Wildman–Crippen MR) is 56.9 cm³/mol. The molecule has 0 radical (unpaired) electrons. The fraction of sp³-hybridized carbons (Fsp3) is 0.364. The lowest BCUT2D eigenvalue weighted by Gasteiger charge is -2.04. The Hall–Kier alpha value is -1.02. The molecule has 0 aliphatic carbocycles. The molecule has 0 amide bonds. The summed E-state index contributed by atoms with van der Waals surface area (Å²) in [6, 6.07) is 7.24. The Bertz CT molecular complexity index is 310. The van der Waals surface area contributed by atoms with Crippen LogP contribution in [-0.2, 0) is 4.79 Å². The molecule has 14 heavy (non-hydrogen) atoms. The van der Waals surface area contributed by atoms with E-state index in [2.05, 4.69) is 0 Å². The van der Waals surface area contributed by atoms with Crippen LogP contribution in [0, 0.1) is 0 Å². The monoisotopic (exact) mass is 212 g/mol. The summed E-state index contributed by atoms with van der Waals surface area (Å²) in [5, 5.41) is 0.661. The van der Waals surface area contributed by atoms with Crippen LogP contribution in [0.4, 0.5) is 0 Å². The highest BCUT2D eigenvalue weighted by molar-refractivity contribution is 6.30. The minimum atomic E-state index is 0.194. The highest BCUT2D eigenvalue weighted by Crippen LogP contribution is 2.17. The van der Waals surface area contributed by atoms with Crippen molar-refractivity contribution in [3.8, 4) is 5.75 Å². The molecule has 0 bridgehead atoms. The summed E-state index contributed by atoms with van der Waals surface area (Å²) in [5.41, 5.74) is 0. The molecule has 0 unspecified atom stereocenters. The van der Waals surface area contributed by atoms with Crippen molar-refractivity contribution < 1.29 is 9.53 Å². The average molecular weight is 213 g/mol. The van der Waals surface area contributed by atoms with Gasteiger partial charge in [0.1, 0.15) is 11.5 Å². The van der Waals surface area contributed by atoms with Crippen molar-refractivity contribution in [2.75, 3.05) is 6.61 Å². The van der Waals surface area contributed by atoms with Crippen molar-refractivity contribution >= 4 is 17.4 Å². The molecule has 0 fully saturated rings. The number of benzene rings is 1. The largest absolute Gasteiger partial charge is 0.494 e. The van der Waals surface area contributed by atoms with Gasteiger partial charge in [0.25, 0.3) is 0 Å². The fourth-order valence-electron chi connectivity index (χ4n) is 1.07. The van der Waals surface area contributed by atoms with Gasteiger partial charge in [-0.15, -0.1) is 0 Å². The van der Waals surface area contributed by atoms with Gasteiger partial charge in [0.2, 0.25) is 0 Å². The number of hydrogen-bond acceptors (Lipinski definition) is 2. The minimum absolute atomic E-state index is 0.194. The maximum atomic E-state index is 10.6. The molecule has 0 aliphatic heterocycles. The highest BCUT2D eigenvalue weighted by Gasteiger charge is 1.96. The molecule has 2 nitrogen and oxygen atoms in total. The lowest BCUT2D eigenvalue weighted by molar-refractivity contribution is -0.117. The third kappa shape index (κ3) is 4.28. The van der Waals surface area contributed by atoms with Crippen molar-refractivity contribution in [3.05, 3.63) is 29.3 Å². The zero-order chi connectivity index (χ0) is 10.4. The van der Waals surface area contributed by atoms with E-state index in [4.69, 9.17) is 16.3 Å². The number of halogens is 1. The second-order valence-electron chi connectivity index (χ2n) is 3.11. The van der Waals surface area contributed by atoms with Gasteiger partial charge in [-0.05, 0) is 31.5 Å². The summed E-state index contributed by atoms with van der Waals surface area (Å²) in [7, 11) is 0. The van der Waals surface area contributed by atoms with Gasteiger partial charge in [0.05, 0.1) is 6.61 Å². The summed E-state index contributed by atoms with van der Waals surface area (Å²) in [5.74, 6) is 0.945. The van der Waals surface area contributed by atoms with Crippen LogP contribution in [0.1, 0.15) is 19.8 Å². The summed E-state index contributed by atoms with van der Waals surface area (Å²) in [6.45, 7) is 2.14. The number of ether oxygens (including phenoxy) is 1. The molecule has 1 rings (SSSR count). The first-order chi connectivity index (χ1) is 6.68. The molecular formula is C11H13ClO2. The summed E-state index contributed by atoms with van der Waals surface area (Å²) in [6.07, 6.45) is 1.32. The lowest BCUT2D eigenvalue weighted by Crippen LogP contribution is -2.00. The Balaban J connectivity index is 2.28. The van der Waals surface area contributed by atoms with Crippen LogP contribution >= 0.6 is 11.6 Å². The van der Waals surface area contributed by atoms with Crippen LogP contribution < -0.4 is 4.74 Å². The molecule has 0 atom stereocenters. The number of carbonyl (C=O) groups excluding carboxylic acids is 1. The van der Waals surface area contributed by atoms with Crippen LogP contribution in [0.3, 0.4) is 0 Å². The Morgan fingerprint density at radius 2 is 2.29 bits per heavy atom. The molecule has 0 aromatic heterocycles. The first kappa shape index (κ1) is 11.1. The van der Waals surface area contributed by atoms with Crippen molar-refractivity contribution in [2.45, 2.75) is 19.8 Å². The van der Waals surface area contributed by atoms with E-state index < -0.39 is 0 Å². The van der Waals surface area contributed by atoms with E-state index in [-0.39, 0.29) is 5.78 Å². The maximum Gasteiger partial charge on any atom is 0.129 e. The quantitative estimate of drug-likeness (QED) is 0.702. The van der Waals surface area contributed by atoms with Crippen molar-refractivity contribution in [3.63, 3.8) is 0 Å². The highest BCUT2D eigenvalue weighted by atomic mass is 35.5. The van der Waals surface area contributed by atoms with E-state index in [9.17, 15) is 4.79 Å². The molecule has 0 saturated heterocycles. The fourth-order valence-corrected chi connectivity index (χ4v) is 1.25. The number of ketones is 1. The molecule has 0 N–H and O–H groups in total. The van der Waals surface area contributed by atoms with Crippen LogP contribution in [0.15, 0.2) is 24.3 Å². The second kappa shape index (κ2) is 5.66. The lowest BCUT2D eigenvalue weighted by atomic mass is 10.2. The summed E-state index contributed by atoms with van der Waals surface area (Å²) >= 11 is 5.77. The van der Waals surface area contributed by atoms with Crippen LogP contribution in [0.25, 0.3) is 0 Å². The van der Waals surface area contributed by atoms with E-state index in [0.717, 1.165) is 12.2 Å². The van der Waals surface area contributed by atoms with Gasteiger partial charge in [-0.25, -0.2) is 0 Å². The van der Waals surface area contributed by atoms with Crippen LogP contribution in [0.2, 0.25) is 5.02 Å². The second-order valence-corrected chi connectivity index (χ2v) is 3.55. The van der Waals surface area contributed by atoms with Crippen molar-refractivity contribution in [1.29, 1.82) is 0 Å². The van der Waals surface area contributed by atoms with Crippen molar-refractivity contribution in [2.24, 2.45) is 0 Å². The molecule has 0 aliphatic rings. The third-order valence-corrected chi connectivity index (χ3v) is 1.97. The van der Waals surface area contributed by atoms with E-state index in [1.54, 1.807) is 19.1 Å². The van der Waals surface area contributed by atoms with Gasteiger partial charge < -0.3 is 9.53 Å². The van der Waals surface area contributed by atoms with Gasteiger partial charge in [-0.2, -0.15) is 0 Å². The number of carbonyl (C=O) groups is 1. The van der Waals surface area contributed by atoms with E-state index in [1.165, 1.54) is 0 Å². The predicted octanol–water partition coefficient (Wildman–Crippen LogP) is 3.09. The summed E-state index contributed by atoms with van der Waals surface area (Å²) in [4.78, 5) is 10.6. The standard InChI is InChI=1S/C11H13ClO2/c1-9(13)4-3-7-14-11-6-2-5-10(12)8-11/h2,5-6,8H,3-4,7H2,1H3. The zero-order valence-corrected chi connectivity index (χ0v) is 8.88. The van der Waals surface area contributed by atoms with Crippen LogP contribution in [-0.4, -0.2) is 12.4 Å². The van der Waals surface area contributed by atoms with Crippen LogP contribution in [0.5, 0.6) is 5.75 Å². The van der Waals surface area contributed by atoms with Crippen molar-refractivity contribution in [1.82, 2.24) is 0 Å².